The van der Waals surface area contributed by atoms with Crippen LogP contribution >= 0.6 is 11.8 Å². The lowest BCUT2D eigenvalue weighted by Crippen LogP contribution is -2.11. The zero-order chi connectivity index (χ0) is 13.7. The lowest BCUT2D eigenvalue weighted by molar-refractivity contribution is -0.384. The molecule has 0 radical (unpaired) electrons. The Hall–Kier alpha value is -2.12. The van der Waals surface area contributed by atoms with Gasteiger partial charge in [-0.05, 0) is 17.7 Å². The fraction of sp³-hybridized carbons (Fsp3) is 0.0833. The Bertz CT molecular complexity index is 577. The average molecular weight is 276 g/mol. The number of hydrogen-bond acceptors (Lipinski definition) is 6. The topological polar surface area (TPSA) is 94.1 Å². The standard InChI is InChI=1S/C12H12N4O2S/c13-15-12-9(4-3-5-10(12)16(17)18)8-19-11-6-1-2-7-14-11/h1-7,15H,8,13H2. The molecule has 0 aliphatic rings. The van der Waals surface area contributed by atoms with Crippen LogP contribution in [0.4, 0.5) is 11.4 Å². The summed E-state index contributed by atoms with van der Waals surface area (Å²) in [5.74, 6) is 5.93. The maximum Gasteiger partial charge on any atom is 0.293 e. The second-order valence-corrected chi connectivity index (χ2v) is 4.66. The van der Waals surface area contributed by atoms with E-state index in [-0.39, 0.29) is 5.69 Å². The number of nitrogens with two attached hydrogens (primary N) is 1. The van der Waals surface area contributed by atoms with Crippen molar-refractivity contribution >= 4 is 23.1 Å². The van der Waals surface area contributed by atoms with E-state index in [1.165, 1.54) is 17.8 Å². The molecule has 0 fully saturated rings. The Morgan fingerprint density at radius 2 is 2.16 bits per heavy atom. The number of hydrogen-bond donors (Lipinski definition) is 2. The SMILES string of the molecule is NNc1c(CSc2ccccn2)cccc1[N+](=O)[O-]. The molecule has 0 saturated heterocycles. The third kappa shape index (κ3) is 3.21. The Morgan fingerprint density at radius 3 is 2.79 bits per heavy atom. The van der Waals surface area contributed by atoms with Gasteiger partial charge in [-0.3, -0.25) is 16.0 Å². The number of benzene rings is 1. The van der Waals surface area contributed by atoms with Crippen LogP contribution in [-0.4, -0.2) is 9.91 Å². The van der Waals surface area contributed by atoms with Crippen molar-refractivity contribution in [3.63, 3.8) is 0 Å². The van der Waals surface area contributed by atoms with Gasteiger partial charge in [-0.2, -0.15) is 0 Å². The molecule has 6 nitrogen and oxygen atoms in total. The van der Waals surface area contributed by atoms with E-state index < -0.39 is 4.92 Å². The van der Waals surface area contributed by atoms with E-state index in [2.05, 4.69) is 10.4 Å². The molecular formula is C12H12N4O2S. The number of nitrogens with zero attached hydrogens (tertiary/aromatic N) is 2. The van der Waals surface area contributed by atoms with Gasteiger partial charge in [-0.15, -0.1) is 11.8 Å². The molecule has 19 heavy (non-hydrogen) atoms. The number of para-hydroxylation sites is 1. The zero-order valence-electron chi connectivity index (χ0n) is 9.95. The van der Waals surface area contributed by atoms with Crippen LogP contribution in [0.25, 0.3) is 0 Å². The minimum atomic E-state index is -0.454. The fourth-order valence-corrected chi connectivity index (χ4v) is 2.46. The van der Waals surface area contributed by atoms with Gasteiger partial charge in [0.2, 0.25) is 0 Å². The normalized spacial score (nSPS) is 10.2. The number of nitro groups is 1. The Labute approximate surface area is 114 Å². The average Bonchev–Trinajstić information content (AvgIpc) is 2.45. The molecule has 3 N–H and O–H groups in total. The number of hydrazine groups is 1. The van der Waals surface area contributed by atoms with Crippen LogP contribution in [0.3, 0.4) is 0 Å². The van der Waals surface area contributed by atoms with Crippen molar-refractivity contribution in [3.05, 3.63) is 58.3 Å². The summed E-state index contributed by atoms with van der Waals surface area (Å²) < 4.78 is 0. The van der Waals surface area contributed by atoms with Crippen molar-refractivity contribution in [2.75, 3.05) is 5.43 Å². The minimum absolute atomic E-state index is 0.0263. The first-order valence-corrected chi connectivity index (χ1v) is 6.47. The van der Waals surface area contributed by atoms with Gasteiger partial charge in [0.25, 0.3) is 5.69 Å². The highest BCUT2D eigenvalue weighted by Crippen LogP contribution is 2.31. The number of nitrogens with one attached hydrogen (secondary N) is 1. The summed E-state index contributed by atoms with van der Waals surface area (Å²) in [7, 11) is 0. The van der Waals surface area contributed by atoms with Crippen LogP contribution in [0.5, 0.6) is 0 Å². The van der Waals surface area contributed by atoms with Crippen LogP contribution in [0, 0.1) is 10.1 Å². The summed E-state index contributed by atoms with van der Waals surface area (Å²) in [6.07, 6.45) is 1.71. The first kappa shape index (κ1) is 13.3. The van der Waals surface area contributed by atoms with Gasteiger partial charge in [0.1, 0.15) is 5.69 Å². The number of nitrogen functional groups attached to an aromatic ring is 1. The molecule has 98 valence electrons. The molecule has 0 saturated carbocycles. The molecule has 0 unspecified atom stereocenters. The van der Waals surface area contributed by atoms with Crippen LogP contribution in [-0.2, 0) is 5.75 Å². The summed E-state index contributed by atoms with van der Waals surface area (Å²) in [6, 6.07) is 10.5. The quantitative estimate of drug-likeness (QED) is 0.377. The number of thioether (sulfide) groups is 1. The highest BCUT2D eigenvalue weighted by atomic mass is 32.2. The summed E-state index contributed by atoms with van der Waals surface area (Å²) in [4.78, 5) is 14.6. The molecule has 0 aliphatic heterocycles. The first-order valence-electron chi connectivity index (χ1n) is 5.49. The van der Waals surface area contributed by atoms with Crippen LogP contribution in [0.15, 0.2) is 47.6 Å². The van der Waals surface area contributed by atoms with Gasteiger partial charge in [0.15, 0.2) is 0 Å². The van der Waals surface area contributed by atoms with Gasteiger partial charge in [-0.25, -0.2) is 4.98 Å². The molecule has 2 aromatic rings. The number of aromatic nitrogens is 1. The zero-order valence-corrected chi connectivity index (χ0v) is 10.8. The highest BCUT2D eigenvalue weighted by molar-refractivity contribution is 7.98. The van der Waals surface area contributed by atoms with E-state index in [4.69, 9.17) is 5.84 Å². The molecule has 1 heterocycles. The largest absolute Gasteiger partial charge is 0.318 e. The molecule has 0 atom stereocenters. The Kier molecular flexibility index (Phi) is 4.32. The van der Waals surface area contributed by atoms with Crippen molar-refractivity contribution in [2.24, 2.45) is 5.84 Å². The first-order chi connectivity index (χ1) is 9.22. The number of anilines is 1. The molecule has 2 rings (SSSR count). The lowest BCUT2D eigenvalue weighted by atomic mass is 10.2. The van der Waals surface area contributed by atoms with Gasteiger partial charge in [0, 0.05) is 18.0 Å². The number of pyridine rings is 1. The van der Waals surface area contributed by atoms with Gasteiger partial charge in [0.05, 0.1) is 9.95 Å². The van der Waals surface area contributed by atoms with E-state index >= 15 is 0 Å². The summed E-state index contributed by atoms with van der Waals surface area (Å²) in [5, 5.41) is 11.8. The van der Waals surface area contributed by atoms with Gasteiger partial charge in [-0.1, -0.05) is 18.2 Å². The van der Waals surface area contributed by atoms with E-state index in [0.29, 0.717) is 11.4 Å². The lowest BCUT2D eigenvalue weighted by Gasteiger charge is -2.08. The smallest absolute Gasteiger partial charge is 0.293 e. The summed E-state index contributed by atoms with van der Waals surface area (Å²) in [5.41, 5.74) is 3.49. The highest BCUT2D eigenvalue weighted by Gasteiger charge is 2.16. The van der Waals surface area contributed by atoms with Crippen molar-refractivity contribution in [2.45, 2.75) is 10.8 Å². The van der Waals surface area contributed by atoms with Crippen LogP contribution in [0.2, 0.25) is 0 Å². The molecule has 0 amide bonds. The summed E-state index contributed by atoms with van der Waals surface area (Å²) in [6.45, 7) is 0. The number of nitro benzene ring substituents is 1. The van der Waals surface area contributed by atoms with Gasteiger partial charge < -0.3 is 5.43 Å². The molecule has 0 spiro atoms. The second kappa shape index (κ2) is 6.17. The monoisotopic (exact) mass is 276 g/mol. The maximum absolute atomic E-state index is 10.9. The maximum atomic E-state index is 10.9. The van der Waals surface area contributed by atoms with Crippen LogP contribution in [0.1, 0.15) is 5.56 Å². The van der Waals surface area contributed by atoms with Crippen molar-refractivity contribution in [1.29, 1.82) is 0 Å². The molecule has 1 aromatic heterocycles. The fourth-order valence-electron chi connectivity index (χ4n) is 1.61. The van der Waals surface area contributed by atoms with Crippen molar-refractivity contribution in [3.8, 4) is 0 Å². The second-order valence-electron chi connectivity index (χ2n) is 3.67. The third-order valence-electron chi connectivity index (χ3n) is 2.48. The number of rotatable bonds is 5. The van der Waals surface area contributed by atoms with Crippen molar-refractivity contribution in [1.82, 2.24) is 4.98 Å². The molecule has 0 bridgehead atoms. The molecular weight excluding hydrogens is 264 g/mol. The van der Waals surface area contributed by atoms with E-state index in [9.17, 15) is 10.1 Å². The predicted octanol–water partition coefficient (Wildman–Crippen LogP) is 2.57. The van der Waals surface area contributed by atoms with Crippen LogP contribution < -0.4 is 11.3 Å². The molecule has 0 aliphatic carbocycles. The predicted molar refractivity (Wildman–Crippen MR) is 74.7 cm³/mol. The Morgan fingerprint density at radius 1 is 1.32 bits per heavy atom. The van der Waals surface area contributed by atoms with Gasteiger partial charge >= 0.3 is 0 Å². The van der Waals surface area contributed by atoms with E-state index in [1.54, 1.807) is 18.3 Å². The molecule has 1 aromatic carbocycles. The van der Waals surface area contributed by atoms with E-state index in [1.807, 2.05) is 18.2 Å². The summed E-state index contributed by atoms with van der Waals surface area (Å²) >= 11 is 1.49. The Balaban J connectivity index is 2.21. The third-order valence-corrected chi connectivity index (χ3v) is 3.48. The van der Waals surface area contributed by atoms with Crippen molar-refractivity contribution < 1.29 is 4.92 Å². The van der Waals surface area contributed by atoms with E-state index in [0.717, 1.165) is 10.6 Å². The minimum Gasteiger partial charge on any atom is -0.318 e. The molecule has 7 heteroatoms.